The van der Waals surface area contributed by atoms with E-state index in [0.717, 1.165) is 5.56 Å². The Balaban J connectivity index is 1.83. The van der Waals surface area contributed by atoms with Gasteiger partial charge in [-0.15, -0.1) is 0 Å². The lowest BCUT2D eigenvalue weighted by Crippen LogP contribution is -2.22. The molecule has 0 heterocycles. The lowest BCUT2D eigenvalue weighted by Gasteiger charge is -2.08. The first-order valence-corrected chi connectivity index (χ1v) is 7.87. The molecule has 0 radical (unpaired) electrons. The number of benzene rings is 2. The van der Waals surface area contributed by atoms with Gasteiger partial charge in [0.2, 0.25) is 5.91 Å². The van der Waals surface area contributed by atoms with E-state index in [1.165, 1.54) is 7.11 Å². The molecule has 0 bridgehead atoms. The van der Waals surface area contributed by atoms with Crippen LogP contribution in [-0.2, 0) is 20.9 Å². The van der Waals surface area contributed by atoms with Crippen molar-refractivity contribution in [1.29, 1.82) is 0 Å². The van der Waals surface area contributed by atoms with Crippen molar-refractivity contribution in [3.05, 3.63) is 65.7 Å². The van der Waals surface area contributed by atoms with Crippen LogP contribution in [0.2, 0.25) is 0 Å². The second-order valence-corrected chi connectivity index (χ2v) is 5.37. The summed E-state index contributed by atoms with van der Waals surface area (Å²) >= 11 is 0. The maximum Gasteiger partial charge on any atom is 0.306 e. The fraction of sp³-hybridized carbons (Fsp3) is 0.211. The van der Waals surface area contributed by atoms with Crippen LogP contribution < -0.4 is 10.6 Å². The Bertz CT molecular complexity index is 727. The number of ether oxygens (including phenoxy) is 1. The normalized spacial score (nSPS) is 9.96. The summed E-state index contributed by atoms with van der Waals surface area (Å²) in [4.78, 5) is 34.8. The Labute approximate surface area is 146 Å². The number of methoxy groups -OCH3 is 1. The molecule has 0 fully saturated rings. The zero-order valence-electron chi connectivity index (χ0n) is 14.0. The Kier molecular flexibility index (Phi) is 6.71. The molecular formula is C19H20N2O4. The molecule has 0 aliphatic heterocycles. The third-order valence-corrected chi connectivity index (χ3v) is 3.51. The summed E-state index contributed by atoms with van der Waals surface area (Å²) in [6, 6.07) is 16.2. The fourth-order valence-electron chi connectivity index (χ4n) is 2.13. The molecule has 0 aliphatic carbocycles. The van der Waals surface area contributed by atoms with Gasteiger partial charge in [0, 0.05) is 24.2 Å². The van der Waals surface area contributed by atoms with Crippen molar-refractivity contribution in [2.45, 2.75) is 19.4 Å². The number of hydrogen-bond donors (Lipinski definition) is 2. The highest BCUT2D eigenvalue weighted by molar-refractivity contribution is 5.96. The van der Waals surface area contributed by atoms with Gasteiger partial charge in [-0.05, 0) is 29.8 Å². The molecule has 130 valence electrons. The lowest BCUT2D eigenvalue weighted by molar-refractivity contribution is -0.141. The predicted octanol–water partition coefficient (Wildman–Crippen LogP) is 2.51. The Morgan fingerprint density at radius 1 is 0.920 bits per heavy atom. The predicted molar refractivity (Wildman–Crippen MR) is 93.9 cm³/mol. The van der Waals surface area contributed by atoms with Gasteiger partial charge in [-0.2, -0.15) is 0 Å². The number of rotatable bonds is 7. The van der Waals surface area contributed by atoms with Gasteiger partial charge in [-0.3, -0.25) is 14.4 Å². The Morgan fingerprint density at radius 2 is 1.60 bits per heavy atom. The summed E-state index contributed by atoms with van der Waals surface area (Å²) in [7, 11) is 1.28. The molecule has 25 heavy (non-hydrogen) atoms. The average Bonchev–Trinajstić information content (AvgIpc) is 2.65. The molecule has 0 aliphatic rings. The van der Waals surface area contributed by atoms with Crippen LogP contribution in [0, 0.1) is 0 Å². The standard InChI is InChI=1S/C19H20N2O4/c1-25-18(23)12-11-17(22)21-16-9-7-15(8-10-16)19(24)20-13-14-5-3-2-4-6-14/h2-10H,11-13H2,1H3,(H,20,24)(H,21,22). The van der Waals surface area contributed by atoms with Gasteiger partial charge in [-0.1, -0.05) is 30.3 Å². The molecule has 2 rings (SSSR count). The number of carbonyl (C=O) groups is 3. The minimum Gasteiger partial charge on any atom is -0.469 e. The van der Waals surface area contributed by atoms with Crippen molar-refractivity contribution in [3.63, 3.8) is 0 Å². The molecule has 2 aromatic carbocycles. The van der Waals surface area contributed by atoms with E-state index in [9.17, 15) is 14.4 Å². The van der Waals surface area contributed by atoms with E-state index < -0.39 is 5.97 Å². The largest absolute Gasteiger partial charge is 0.469 e. The summed E-state index contributed by atoms with van der Waals surface area (Å²) in [6.45, 7) is 0.450. The summed E-state index contributed by atoms with van der Waals surface area (Å²) in [6.07, 6.45) is 0.0777. The summed E-state index contributed by atoms with van der Waals surface area (Å²) in [5.41, 5.74) is 2.09. The second-order valence-electron chi connectivity index (χ2n) is 5.37. The van der Waals surface area contributed by atoms with Gasteiger partial charge in [-0.25, -0.2) is 0 Å². The summed E-state index contributed by atoms with van der Waals surface area (Å²) in [5, 5.41) is 5.50. The molecule has 0 spiro atoms. The van der Waals surface area contributed by atoms with Crippen LogP contribution in [0.3, 0.4) is 0 Å². The fourth-order valence-corrected chi connectivity index (χ4v) is 2.13. The van der Waals surface area contributed by atoms with Crippen LogP contribution in [0.4, 0.5) is 5.69 Å². The van der Waals surface area contributed by atoms with Crippen molar-refractivity contribution in [3.8, 4) is 0 Å². The molecule has 0 atom stereocenters. The zero-order valence-corrected chi connectivity index (χ0v) is 14.0. The number of anilines is 1. The smallest absolute Gasteiger partial charge is 0.306 e. The second kappa shape index (κ2) is 9.22. The maximum absolute atomic E-state index is 12.1. The summed E-state index contributed by atoms with van der Waals surface area (Å²) < 4.78 is 4.48. The lowest BCUT2D eigenvalue weighted by atomic mass is 10.1. The highest BCUT2D eigenvalue weighted by atomic mass is 16.5. The average molecular weight is 340 g/mol. The van der Waals surface area contributed by atoms with Gasteiger partial charge in [0.25, 0.3) is 5.91 Å². The molecule has 0 unspecified atom stereocenters. The molecule has 6 nitrogen and oxygen atoms in total. The molecule has 0 aromatic heterocycles. The van der Waals surface area contributed by atoms with Crippen molar-refractivity contribution < 1.29 is 19.1 Å². The first-order chi connectivity index (χ1) is 12.1. The van der Waals surface area contributed by atoms with E-state index in [-0.39, 0.29) is 24.7 Å². The topological polar surface area (TPSA) is 84.5 Å². The van der Waals surface area contributed by atoms with Gasteiger partial charge in [0.1, 0.15) is 0 Å². The van der Waals surface area contributed by atoms with Crippen LogP contribution in [0.1, 0.15) is 28.8 Å². The molecular weight excluding hydrogens is 320 g/mol. The number of nitrogens with one attached hydrogen (secondary N) is 2. The molecule has 0 saturated heterocycles. The highest BCUT2D eigenvalue weighted by Gasteiger charge is 2.08. The first-order valence-electron chi connectivity index (χ1n) is 7.87. The van der Waals surface area contributed by atoms with E-state index in [2.05, 4.69) is 15.4 Å². The van der Waals surface area contributed by atoms with E-state index in [4.69, 9.17) is 0 Å². The maximum atomic E-state index is 12.1. The molecule has 6 heteroatoms. The number of amides is 2. The highest BCUT2D eigenvalue weighted by Crippen LogP contribution is 2.11. The quantitative estimate of drug-likeness (QED) is 0.759. The van der Waals surface area contributed by atoms with Gasteiger partial charge in [0.05, 0.1) is 13.5 Å². The van der Waals surface area contributed by atoms with Gasteiger partial charge >= 0.3 is 5.97 Å². The third-order valence-electron chi connectivity index (χ3n) is 3.51. The van der Waals surface area contributed by atoms with E-state index in [1.807, 2.05) is 30.3 Å². The van der Waals surface area contributed by atoms with Crippen molar-refractivity contribution >= 4 is 23.5 Å². The van der Waals surface area contributed by atoms with Crippen LogP contribution >= 0.6 is 0 Å². The number of carbonyl (C=O) groups excluding carboxylic acids is 3. The minimum atomic E-state index is -0.430. The van der Waals surface area contributed by atoms with E-state index >= 15 is 0 Å². The van der Waals surface area contributed by atoms with E-state index in [0.29, 0.717) is 17.8 Å². The van der Waals surface area contributed by atoms with Crippen molar-refractivity contribution in [1.82, 2.24) is 5.32 Å². The first kappa shape index (κ1) is 18.2. The minimum absolute atomic E-state index is 0.0301. The van der Waals surface area contributed by atoms with Crippen molar-refractivity contribution in [2.75, 3.05) is 12.4 Å². The van der Waals surface area contributed by atoms with Crippen LogP contribution in [0.5, 0.6) is 0 Å². The SMILES string of the molecule is COC(=O)CCC(=O)Nc1ccc(C(=O)NCc2ccccc2)cc1. The Hall–Kier alpha value is -3.15. The number of hydrogen-bond acceptors (Lipinski definition) is 4. The van der Waals surface area contributed by atoms with Crippen LogP contribution in [0.25, 0.3) is 0 Å². The third kappa shape index (κ3) is 6.10. The van der Waals surface area contributed by atoms with E-state index in [1.54, 1.807) is 24.3 Å². The Morgan fingerprint density at radius 3 is 2.24 bits per heavy atom. The van der Waals surface area contributed by atoms with Gasteiger partial charge < -0.3 is 15.4 Å². The monoisotopic (exact) mass is 340 g/mol. The molecule has 2 amide bonds. The number of esters is 1. The van der Waals surface area contributed by atoms with Gasteiger partial charge in [0.15, 0.2) is 0 Å². The van der Waals surface area contributed by atoms with Crippen LogP contribution in [0.15, 0.2) is 54.6 Å². The zero-order chi connectivity index (χ0) is 18.1. The van der Waals surface area contributed by atoms with Crippen LogP contribution in [-0.4, -0.2) is 24.9 Å². The summed E-state index contributed by atoms with van der Waals surface area (Å²) in [5.74, 6) is -0.903. The van der Waals surface area contributed by atoms with Crippen molar-refractivity contribution in [2.24, 2.45) is 0 Å². The molecule has 0 saturated carbocycles. The molecule has 2 aromatic rings. The molecule has 2 N–H and O–H groups in total.